The highest BCUT2D eigenvalue weighted by atomic mass is 19.1. The lowest BCUT2D eigenvalue weighted by Gasteiger charge is -2.12. The van der Waals surface area contributed by atoms with Gasteiger partial charge in [-0.05, 0) is 5.56 Å². The zero-order valence-corrected chi connectivity index (χ0v) is 11.7. The highest BCUT2D eigenvalue weighted by Crippen LogP contribution is 2.39. The van der Waals surface area contributed by atoms with E-state index in [0.29, 0.717) is 0 Å². The van der Waals surface area contributed by atoms with Gasteiger partial charge in [-0.2, -0.15) is 0 Å². The molecule has 2 aromatic rings. The molecule has 0 aliphatic carbocycles. The fraction of sp³-hybridized carbons (Fsp3) is 0.357. The van der Waals surface area contributed by atoms with Gasteiger partial charge in [-0.15, -0.1) is 5.10 Å². The molecule has 1 aromatic heterocycles. The Morgan fingerprint density at radius 2 is 2.14 bits per heavy atom. The highest BCUT2D eigenvalue weighted by molar-refractivity contribution is 5.89. The number of amides is 1. The first kappa shape index (κ1) is 13.7. The maximum absolute atomic E-state index is 14.1. The number of halogens is 1. The SMILES string of the molecule is CON(C)C(=O)c1nc2n(n1)[C@H](c1ccccc1)C[C@H]2F. The number of nitrogens with zero attached hydrogens (tertiary/aromatic N) is 4. The molecule has 1 aliphatic rings. The third-order valence-electron chi connectivity index (χ3n) is 3.60. The number of hydrogen-bond donors (Lipinski definition) is 0. The molecule has 1 aliphatic heterocycles. The van der Waals surface area contributed by atoms with Crippen molar-refractivity contribution in [2.75, 3.05) is 14.2 Å². The fourth-order valence-corrected chi connectivity index (χ4v) is 2.45. The molecule has 0 spiro atoms. The third-order valence-corrected chi connectivity index (χ3v) is 3.60. The second-order valence-electron chi connectivity index (χ2n) is 4.85. The predicted molar refractivity (Wildman–Crippen MR) is 72.2 cm³/mol. The lowest BCUT2D eigenvalue weighted by Crippen LogP contribution is -2.26. The van der Waals surface area contributed by atoms with Crippen molar-refractivity contribution >= 4 is 5.91 Å². The maximum Gasteiger partial charge on any atom is 0.316 e. The van der Waals surface area contributed by atoms with Gasteiger partial charge >= 0.3 is 5.91 Å². The Balaban J connectivity index is 1.96. The fourth-order valence-electron chi connectivity index (χ4n) is 2.45. The molecule has 1 aromatic carbocycles. The molecular weight excluding hydrogens is 275 g/mol. The maximum atomic E-state index is 14.1. The molecule has 0 N–H and O–H groups in total. The summed E-state index contributed by atoms with van der Waals surface area (Å²) in [6.45, 7) is 0. The van der Waals surface area contributed by atoms with Crippen LogP contribution >= 0.6 is 0 Å². The van der Waals surface area contributed by atoms with Crippen molar-refractivity contribution in [3.63, 3.8) is 0 Å². The van der Waals surface area contributed by atoms with Crippen LogP contribution in [0.4, 0.5) is 4.39 Å². The summed E-state index contributed by atoms with van der Waals surface area (Å²) in [6.07, 6.45) is -0.939. The molecule has 6 nitrogen and oxygen atoms in total. The Morgan fingerprint density at radius 1 is 1.43 bits per heavy atom. The van der Waals surface area contributed by atoms with E-state index in [0.717, 1.165) is 10.6 Å². The minimum atomic E-state index is -1.22. The highest BCUT2D eigenvalue weighted by Gasteiger charge is 2.36. The van der Waals surface area contributed by atoms with Crippen LogP contribution in [-0.2, 0) is 4.84 Å². The van der Waals surface area contributed by atoms with E-state index in [1.165, 1.54) is 18.8 Å². The van der Waals surface area contributed by atoms with Crippen molar-refractivity contribution in [3.05, 3.63) is 47.5 Å². The smallest absolute Gasteiger partial charge is 0.274 e. The van der Waals surface area contributed by atoms with Gasteiger partial charge in [0.15, 0.2) is 12.0 Å². The van der Waals surface area contributed by atoms with E-state index < -0.39 is 12.1 Å². The van der Waals surface area contributed by atoms with Crippen LogP contribution in [-0.4, -0.2) is 39.9 Å². The molecule has 2 atom stereocenters. The molecular formula is C14H15FN4O2. The largest absolute Gasteiger partial charge is 0.316 e. The molecule has 21 heavy (non-hydrogen) atoms. The number of aromatic nitrogens is 3. The minimum Gasteiger partial charge on any atom is -0.274 e. The van der Waals surface area contributed by atoms with Gasteiger partial charge in [-0.3, -0.25) is 9.63 Å². The van der Waals surface area contributed by atoms with Crippen molar-refractivity contribution in [1.29, 1.82) is 0 Å². The number of carbonyl (C=O) groups excluding carboxylic acids is 1. The summed E-state index contributed by atoms with van der Waals surface area (Å²) in [6, 6.07) is 9.27. The summed E-state index contributed by atoms with van der Waals surface area (Å²) < 4.78 is 15.6. The second kappa shape index (κ2) is 5.25. The van der Waals surface area contributed by atoms with Gasteiger partial charge in [0.1, 0.15) is 0 Å². The van der Waals surface area contributed by atoms with Crippen molar-refractivity contribution in [3.8, 4) is 0 Å². The molecule has 0 unspecified atom stereocenters. The molecule has 3 rings (SSSR count). The summed E-state index contributed by atoms with van der Waals surface area (Å²) in [7, 11) is 2.82. The molecule has 0 bridgehead atoms. The average Bonchev–Trinajstić information content (AvgIpc) is 3.07. The van der Waals surface area contributed by atoms with Crippen LogP contribution in [0.25, 0.3) is 0 Å². The van der Waals surface area contributed by atoms with Crippen LogP contribution < -0.4 is 0 Å². The lowest BCUT2D eigenvalue weighted by atomic mass is 10.0. The Morgan fingerprint density at radius 3 is 2.81 bits per heavy atom. The second-order valence-corrected chi connectivity index (χ2v) is 4.85. The molecule has 0 radical (unpaired) electrons. The van der Waals surface area contributed by atoms with E-state index in [1.54, 1.807) is 0 Å². The third kappa shape index (κ3) is 2.29. The van der Waals surface area contributed by atoms with Gasteiger partial charge in [0.25, 0.3) is 0 Å². The molecule has 2 heterocycles. The zero-order valence-electron chi connectivity index (χ0n) is 11.7. The molecule has 1 amide bonds. The van der Waals surface area contributed by atoms with Gasteiger partial charge in [-0.25, -0.2) is 19.1 Å². The average molecular weight is 290 g/mol. The number of hydrogen-bond acceptors (Lipinski definition) is 4. The van der Waals surface area contributed by atoms with Crippen LogP contribution in [0.3, 0.4) is 0 Å². The standard InChI is InChI=1S/C14H15FN4O2/c1-18(21-2)14(20)12-16-13-10(15)8-11(19(13)17-12)9-6-4-3-5-7-9/h3-7,10-11H,8H2,1-2H3/t10-,11+/m1/s1. The molecule has 0 saturated heterocycles. The lowest BCUT2D eigenvalue weighted by molar-refractivity contribution is -0.0764. The summed E-state index contributed by atoms with van der Waals surface area (Å²) in [5.74, 6) is -0.368. The van der Waals surface area contributed by atoms with Gasteiger partial charge in [0.2, 0.25) is 5.82 Å². The van der Waals surface area contributed by atoms with E-state index in [9.17, 15) is 9.18 Å². The topological polar surface area (TPSA) is 60.2 Å². The Kier molecular flexibility index (Phi) is 3.42. The van der Waals surface area contributed by atoms with Crippen LogP contribution in [0.1, 0.15) is 40.6 Å². The Bertz CT molecular complexity index is 658. The first-order chi connectivity index (χ1) is 10.1. The summed E-state index contributed by atoms with van der Waals surface area (Å²) in [5.41, 5.74) is 0.947. The van der Waals surface area contributed by atoms with Crippen LogP contribution in [0, 0.1) is 0 Å². The number of rotatable bonds is 3. The van der Waals surface area contributed by atoms with Crippen molar-refractivity contribution in [2.45, 2.75) is 18.6 Å². The molecule has 7 heteroatoms. The van der Waals surface area contributed by atoms with Crippen LogP contribution in [0.15, 0.2) is 30.3 Å². The van der Waals surface area contributed by atoms with Crippen LogP contribution in [0.2, 0.25) is 0 Å². The monoisotopic (exact) mass is 290 g/mol. The molecule has 0 fully saturated rings. The summed E-state index contributed by atoms with van der Waals surface area (Å²) in [5, 5.41) is 5.17. The van der Waals surface area contributed by atoms with Gasteiger partial charge in [0.05, 0.1) is 13.2 Å². The first-order valence-electron chi connectivity index (χ1n) is 6.59. The van der Waals surface area contributed by atoms with Crippen molar-refractivity contribution < 1.29 is 14.0 Å². The van der Waals surface area contributed by atoms with Crippen LogP contribution in [0.5, 0.6) is 0 Å². The minimum absolute atomic E-state index is 0.0577. The van der Waals surface area contributed by atoms with E-state index in [1.807, 2.05) is 30.3 Å². The van der Waals surface area contributed by atoms with E-state index in [-0.39, 0.29) is 24.1 Å². The van der Waals surface area contributed by atoms with Gasteiger partial charge < -0.3 is 0 Å². The van der Waals surface area contributed by atoms with E-state index in [4.69, 9.17) is 4.84 Å². The number of hydroxylamine groups is 2. The zero-order chi connectivity index (χ0) is 15.0. The van der Waals surface area contributed by atoms with E-state index in [2.05, 4.69) is 10.1 Å². The quantitative estimate of drug-likeness (QED) is 0.810. The van der Waals surface area contributed by atoms with Gasteiger partial charge in [0, 0.05) is 13.5 Å². The number of carbonyl (C=O) groups is 1. The predicted octanol–water partition coefficient (Wildman–Crippen LogP) is 1.92. The first-order valence-corrected chi connectivity index (χ1v) is 6.59. The summed E-state index contributed by atoms with van der Waals surface area (Å²) in [4.78, 5) is 20.8. The van der Waals surface area contributed by atoms with Gasteiger partial charge in [-0.1, -0.05) is 30.3 Å². The van der Waals surface area contributed by atoms with E-state index >= 15 is 0 Å². The summed E-state index contributed by atoms with van der Waals surface area (Å²) >= 11 is 0. The Hall–Kier alpha value is -2.28. The number of fused-ring (bicyclic) bond motifs is 1. The molecule has 110 valence electrons. The normalized spacial score (nSPS) is 20.3. The van der Waals surface area contributed by atoms with Crippen molar-refractivity contribution in [2.24, 2.45) is 0 Å². The number of alkyl halides is 1. The number of benzene rings is 1. The molecule has 0 saturated carbocycles. The van der Waals surface area contributed by atoms with Crippen molar-refractivity contribution in [1.82, 2.24) is 19.8 Å². The Labute approximate surface area is 121 Å².